The van der Waals surface area contributed by atoms with E-state index < -0.39 is 6.10 Å². The summed E-state index contributed by atoms with van der Waals surface area (Å²) in [4.78, 5) is 5.91. The Morgan fingerprint density at radius 3 is 2.33 bits per heavy atom. The van der Waals surface area contributed by atoms with Gasteiger partial charge in [0.2, 0.25) is 0 Å². The van der Waals surface area contributed by atoms with Gasteiger partial charge in [-0.1, -0.05) is 42.5 Å². The van der Waals surface area contributed by atoms with Crippen molar-refractivity contribution >= 4 is 5.57 Å². The molecular formula is C20H21NO3. The van der Waals surface area contributed by atoms with E-state index in [0.29, 0.717) is 0 Å². The third kappa shape index (κ3) is 2.39. The number of hydrogen-bond donors (Lipinski definition) is 3. The Balaban J connectivity index is 1.84. The molecule has 2 aliphatic rings. The van der Waals surface area contributed by atoms with Gasteiger partial charge >= 0.3 is 0 Å². The molecule has 2 aromatic rings. The summed E-state index contributed by atoms with van der Waals surface area (Å²) in [5, 5.41) is 19.8. The summed E-state index contributed by atoms with van der Waals surface area (Å²) in [6.45, 7) is 1.83. The molecule has 1 heterocycles. The molecule has 2 unspecified atom stereocenters. The van der Waals surface area contributed by atoms with Crippen molar-refractivity contribution in [1.29, 1.82) is 0 Å². The predicted molar refractivity (Wildman–Crippen MR) is 91.8 cm³/mol. The van der Waals surface area contributed by atoms with Gasteiger partial charge < -0.3 is 15.1 Å². The van der Waals surface area contributed by atoms with Crippen LogP contribution in [0.15, 0.2) is 60.4 Å². The van der Waals surface area contributed by atoms with Crippen LogP contribution in [0.25, 0.3) is 5.57 Å². The van der Waals surface area contributed by atoms with Crippen LogP contribution in [-0.2, 0) is 4.84 Å². The topological polar surface area (TPSA) is 61.7 Å². The summed E-state index contributed by atoms with van der Waals surface area (Å²) in [5.74, 6) is 1.09. The van der Waals surface area contributed by atoms with E-state index in [0.717, 1.165) is 35.3 Å². The van der Waals surface area contributed by atoms with E-state index in [1.165, 1.54) is 0 Å². The molecule has 2 atom stereocenters. The fourth-order valence-corrected chi connectivity index (χ4v) is 3.52. The predicted octanol–water partition coefficient (Wildman–Crippen LogP) is 3.54. The second kappa shape index (κ2) is 5.65. The van der Waals surface area contributed by atoms with Gasteiger partial charge in [-0.05, 0) is 43.0 Å². The molecule has 3 N–H and O–H groups in total. The average Bonchev–Trinajstić information content (AvgIpc) is 3.30. The maximum absolute atomic E-state index is 10.3. The van der Waals surface area contributed by atoms with Crippen LogP contribution in [0.3, 0.4) is 0 Å². The molecule has 2 aromatic carbocycles. The third-order valence-corrected chi connectivity index (χ3v) is 5.16. The highest BCUT2D eigenvalue weighted by Gasteiger charge is 2.55. The van der Waals surface area contributed by atoms with Crippen LogP contribution in [0, 0.1) is 5.41 Å². The van der Waals surface area contributed by atoms with E-state index >= 15 is 0 Å². The van der Waals surface area contributed by atoms with E-state index in [1.54, 1.807) is 12.1 Å². The Kier molecular flexibility index (Phi) is 3.59. The van der Waals surface area contributed by atoms with Gasteiger partial charge in [-0.15, -0.1) is 5.48 Å². The van der Waals surface area contributed by atoms with Gasteiger partial charge in [0.25, 0.3) is 0 Å². The number of rotatable bonds is 4. The molecule has 4 rings (SSSR count). The van der Waals surface area contributed by atoms with Crippen molar-refractivity contribution in [2.45, 2.75) is 31.9 Å². The van der Waals surface area contributed by atoms with Crippen molar-refractivity contribution in [3.8, 4) is 5.75 Å². The molecule has 4 heteroatoms. The quantitative estimate of drug-likeness (QED) is 0.805. The molecule has 4 nitrogen and oxygen atoms in total. The molecule has 1 saturated carbocycles. The lowest BCUT2D eigenvalue weighted by atomic mass is 9.86. The van der Waals surface area contributed by atoms with Gasteiger partial charge in [-0.3, -0.25) is 0 Å². The standard InChI is InChI=1S/C20H21NO3/c1-13(22)20(11-12-20)19-17(14-5-3-2-4-6-14)18(21-24-19)15-7-9-16(23)10-8-15/h2-10,13,18,21-23H,11-12H2,1H3. The zero-order valence-corrected chi connectivity index (χ0v) is 13.6. The normalized spacial score (nSPS) is 23.0. The summed E-state index contributed by atoms with van der Waals surface area (Å²) in [5.41, 5.74) is 6.01. The number of hydrogen-bond acceptors (Lipinski definition) is 4. The van der Waals surface area contributed by atoms with Crippen molar-refractivity contribution in [2.75, 3.05) is 0 Å². The van der Waals surface area contributed by atoms with Crippen molar-refractivity contribution in [2.24, 2.45) is 5.41 Å². The highest BCUT2D eigenvalue weighted by atomic mass is 16.7. The maximum atomic E-state index is 10.3. The Morgan fingerprint density at radius 2 is 1.75 bits per heavy atom. The van der Waals surface area contributed by atoms with Crippen molar-refractivity contribution < 1.29 is 15.1 Å². The molecule has 124 valence electrons. The zero-order chi connectivity index (χ0) is 16.7. The lowest BCUT2D eigenvalue weighted by Crippen LogP contribution is -2.22. The minimum atomic E-state index is -0.452. The van der Waals surface area contributed by atoms with E-state index in [4.69, 9.17) is 4.84 Å². The largest absolute Gasteiger partial charge is 0.508 e. The molecular weight excluding hydrogens is 302 g/mol. The number of phenols is 1. The highest BCUT2D eigenvalue weighted by molar-refractivity contribution is 5.75. The number of phenolic OH excluding ortho intramolecular Hbond substituents is 1. The molecule has 0 spiro atoms. The number of benzene rings is 2. The van der Waals surface area contributed by atoms with E-state index in [1.807, 2.05) is 37.3 Å². The molecule has 1 aliphatic heterocycles. The van der Waals surface area contributed by atoms with Crippen LogP contribution < -0.4 is 5.48 Å². The monoisotopic (exact) mass is 323 g/mol. The minimum absolute atomic E-state index is 0.126. The summed E-state index contributed by atoms with van der Waals surface area (Å²) in [6.07, 6.45) is 1.41. The summed E-state index contributed by atoms with van der Waals surface area (Å²) in [7, 11) is 0. The van der Waals surface area contributed by atoms with Gasteiger partial charge in [0.05, 0.1) is 17.6 Å². The molecule has 24 heavy (non-hydrogen) atoms. The number of hydroxylamine groups is 1. The lowest BCUT2D eigenvalue weighted by Gasteiger charge is -2.20. The Labute approximate surface area is 141 Å². The smallest absolute Gasteiger partial charge is 0.138 e. The summed E-state index contributed by atoms with van der Waals surface area (Å²) < 4.78 is 0. The number of aliphatic hydroxyl groups is 1. The molecule has 0 bridgehead atoms. The van der Waals surface area contributed by atoms with Crippen LogP contribution in [0.2, 0.25) is 0 Å². The van der Waals surface area contributed by atoms with Gasteiger partial charge in [0.1, 0.15) is 11.5 Å². The first-order valence-electron chi connectivity index (χ1n) is 8.31. The van der Waals surface area contributed by atoms with Gasteiger partial charge in [0, 0.05) is 5.57 Å². The number of aromatic hydroxyl groups is 1. The Hall–Kier alpha value is -2.30. The summed E-state index contributed by atoms with van der Waals surface area (Å²) >= 11 is 0. The zero-order valence-electron chi connectivity index (χ0n) is 13.6. The van der Waals surface area contributed by atoms with Crippen molar-refractivity contribution in [3.63, 3.8) is 0 Å². The van der Waals surface area contributed by atoms with E-state index in [2.05, 4.69) is 17.6 Å². The second-order valence-corrected chi connectivity index (χ2v) is 6.69. The van der Waals surface area contributed by atoms with Gasteiger partial charge in [0.15, 0.2) is 0 Å². The van der Waals surface area contributed by atoms with E-state index in [-0.39, 0.29) is 17.2 Å². The van der Waals surface area contributed by atoms with Crippen LogP contribution in [0.4, 0.5) is 0 Å². The Bertz CT molecular complexity index is 761. The first-order chi connectivity index (χ1) is 11.6. The second-order valence-electron chi connectivity index (χ2n) is 6.69. The van der Waals surface area contributed by atoms with Crippen LogP contribution in [-0.4, -0.2) is 16.3 Å². The van der Waals surface area contributed by atoms with Crippen LogP contribution in [0.5, 0.6) is 5.75 Å². The third-order valence-electron chi connectivity index (χ3n) is 5.16. The van der Waals surface area contributed by atoms with Crippen LogP contribution >= 0.6 is 0 Å². The minimum Gasteiger partial charge on any atom is -0.508 e. The van der Waals surface area contributed by atoms with E-state index in [9.17, 15) is 10.2 Å². The molecule has 0 amide bonds. The lowest BCUT2D eigenvalue weighted by molar-refractivity contribution is 0.0435. The SMILES string of the molecule is CC(O)C1(C2=C(c3ccccc3)C(c3ccc(O)cc3)NO2)CC1. The number of aliphatic hydroxyl groups excluding tert-OH is 1. The first kappa shape index (κ1) is 15.2. The summed E-state index contributed by atoms with van der Waals surface area (Å²) in [6, 6.07) is 17.2. The molecule has 0 saturated heterocycles. The Morgan fingerprint density at radius 1 is 1.08 bits per heavy atom. The average molecular weight is 323 g/mol. The van der Waals surface area contributed by atoms with Crippen molar-refractivity contribution in [1.82, 2.24) is 5.48 Å². The first-order valence-corrected chi connectivity index (χ1v) is 8.31. The van der Waals surface area contributed by atoms with Crippen LogP contribution in [0.1, 0.15) is 36.9 Å². The highest BCUT2D eigenvalue weighted by Crippen LogP contribution is 2.59. The van der Waals surface area contributed by atoms with Gasteiger partial charge in [-0.25, -0.2) is 0 Å². The fraction of sp³-hybridized carbons (Fsp3) is 0.300. The molecule has 0 radical (unpaired) electrons. The fourth-order valence-electron chi connectivity index (χ4n) is 3.52. The van der Waals surface area contributed by atoms with Gasteiger partial charge in [-0.2, -0.15) is 0 Å². The molecule has 1 aliphatic carbocycles. The number of nitrogens with one attached hydrogen (secondary N) is 1. The molecule has 0 aromatic heterocycles. The van der Waals surface area contributed by atoms with Crippen molar-refractivity contribution in [3.05, 3.63) is 71.5 Å². The molecule has 1 fully saturated rings. The maximum Gasteiger partial charge on any atom is 0.138 e.